The molecule has 4 heteroatoms. The van der Waals surface area contributed by atoms with E-state index >= 15 is 0 Å². The number of carboxylic acid groups (broad SMARTS) is 1. The molecule has 0 aromatic heterocycles. The van der Waals surface area contributed by atoms with Crippen LogP contribution < -0.4 is 0 Å². The maximum atomic E-state index is 12.3. The zero-order valence-electron chi connectivity index (χ0n) is 11.4. The van der Waals surface area contributed by atoms with Gasteiger partial charge in [0.15, 0.2) is 0 Å². The molecule has 1 aromatic carbocycles. The van der Waals surface area contributed by atoms with Gasteiger partial charge in [-0.25, -0.2) is 9.59 Å². The minimum absolute atomic E-state index is 0.00769. The summed E-state index contributed by atoms with van der Waals surface area (Å²) in [4.78, 5) is 23.4. The normalized spacial score (nSPS) is 31.2. The molecule has 106 valence electrons. The number of hydrogen-bond donors (Lipinski definition) is 1. The summed E-state index contributed by atoms with van der Waals surface area (Å²) in [5.74, 6) is -0.107. The molecule has 2 bridgehead atoms. The summed E-state index contributed by atoms with van der Waals surface area (Å²) < 4.78 is 5.63. The highest BCUT2D eigenvalue weighted by atomic mass is 16.5. The third-order valence-corrected chi connectivity index (χ3v) is 4.86. The van der Waals surface area contributed by atoms with Crippen molar-refractivity contribution in [1.29, 1.82) is 0 Å². The Hall–Kier alpha value is -1.84. The van der Waals surface area contributed by atoms with Gasteiger partial charge in [-0.15, -0.1) is 0 Å². The lowest BCUT2D eigenvalue weighted by molar-refractivity contribution is -0.000661. The number of ether oxygens (including phenoxy) is 1. The Balaban J connectivity index is 1.79. The monoisotopic (exact) mass is 274 g/mol. The zero-order valence-corrected chi connectivity index (χ0v) is 11.4. The minimum atomic E-state index is -1.10. The average Bonchev–Trinajstić information content (AvgIpc) is 3.02. The summed E-state index contributed by atoms with van der Waals surface area (Å²) in [7, 11) is 0. The molecule has 1 N–H and O–H groups in total. The molecule has 4 nitrogen and oxygen atoms in total. The summed E-state index contributed by atoms with van der Waals surface area (Å²) >= 11 is 0. The molecule has 0 heterocycles. The van der Waals surface area contributed by atoms with Crippen LogP contribution >= 0.6 is 0 Å². The van der Waals surface area contributed by atoms with Crippen molar-refractivity contribution in [3.8, 4) is 0 Å². The highest BCUT2D eigenvalue weighted by Gasteiger charge is 2.47. The lowest BCUT2D eigenvalue weighted by Crippen LogP contribution is -2.31. The lowest BCUT2D eigenvalue weighted by Gasteiger charge is -2.28. The van der Waals surface area contributed by atoms with Gasteiger partial charge in [0.25, 0.3) is 0 Å². The van der Waals surface area contributed by atoms with Crippen LogP contribution in [0.25, 0.3) is 0 Å². The van der Waals surface area contributed by atoms with Crippen LogP contribution in [0.5, 0.6) is 0 Å². The highest BCUT2D eigenvalue weighted by Crippen LogP contribution is 2.49. The van der Waals surface area contributed by atoms with E-state index in [4.69, 9.17) is 9.84 Å². The summed E-state index contributed by atoms with van der Waals surface area (Å²) in [5.41, 5.74) is 0.156. The van der Waals surface area contributed by atoms with Gasteiger partial charge in [-0.3, -0.25) is 0 Å². The predicted molar refractivity (Wildman–Crippen MR) is 72.6 cm³/mol. The second kappa shape index (κ2) is 4.93. The third kappa shape index (κ3) is 2.09. The molecular weight excluding hydrogens is 256 g/mol. The van der Waals surface area contributed by atoms with Crippen molar-refractivity contribution in [3.05, 3.63) is 35.4 Å². The van der Waals surface area contributed by atoms with E-state index in [0.717, 1.165) is 12.8 Å². The number of esters is 1. The van der Waals surface area contributed by atoms with Crippen molar-refractivity contribution in [1.82, 2.24) is 0 Å². The second-order valence-corrected chi connectivity index (χ2v) is 5.91. The molecular formula is C16H18O4. The van der Waals surface area contributed by atoms with Crippen molar-refractivity contribution < 1.29 is 19.4 Å². The first kappa shape index (κ1) is 13.2. The van der Waals surface area contributed by atoms with E-state index in [0.29, 0.717) is 17.8 Å². The van der Waals surface area contributed by atoms with E-state index in [1.165, 1.54) is 18.6 Å². The largest absolute Gasteiger partial charge is 0.478 e. The molecule has 0 saturated heterocycles. The number of carbonyl (C=O) groups is 2. The maximum Gasteiger partial charge on any atom is 0.339 e. The molecule has 0 amide bonds. The van der Waals surface area contributed by atoms with Gasteiger partial charge in [0, 0.05) is 0 Å². The van der Waals surface area contributed by atoms with Gasteiger partial charge >= 0.3 is 11.9 Å². The summed E-state index contributed by atoms with van der Waals surface area (Å²) in [6.45, 7) is 2.13. The molecule has 4 atom stereocenters. The van der Waals surface area contributed by atoms with Crippen LogP contribution in [0.4, 0.5) is 0 Å². The van der Waals surface area contributed by atoms with Crippen molar-refractivity contribution in [2.75, 3.05) is 0 Å². The Morgan fingerprint density at radius 1 is 1.15 bits per heavy atom. The molecule has 0 radical (unpaired) electrons. The first-order valence-corrected chi connectivity index (χ1v) is 7.11. The quantitative estimate of drug-likeness (QED) is 0.861. The van der Waals surface area contributed by atoms with Crippen LogP contribution in [-0.4, -0.2) is 23.1 Å². The SMILES string of the molecule is C[C@H]1[C@H]2CC[C@@H](C2)[C@@H]1OC(=O)c1ccccc1C(=O)O. The van der Waals surface area contributed by atoms with Crippen LogP contribution in [0.1, 0.15) is 46.9 Å². The Bertz CT molecular complexity index is 549. The Morgan fingerprint density at radius 2 is 1.80 bits per heavy atom. The Labute approximate surface area is 117 Å². The second-order valence-electron chi connectivity index (χ2n) is 5.91. The minimum Gasteiger partial charge on any atom is -0.478 e. The van der Waals surface area contributed by atoms with E-state index in [1.54, 1.807) is 12.1 Å². The van der Waals surface area contributed by atoms with Crippen molar-refractivity contribution in [2.24, 2.45) is 17.8 Å². The third-order valence-electron chi connectivity index (χ3n) is 4.86. The molecule has 0 spiro atoms. The number of rotatable bonds is 3. The van der Waals surface area contributed by atoms with E-state index in [9.17, 15) is 9.59 Å². The van der Waals surface area contributed by atoms with Crippen molar-refractivity contribution in [3.63, 3.8) is 0 Å². The van der Waals surface area contributed by atoms with Crippen LogP contribution in [0, 0.1) is 17.8 Å². The van der Waals surface area contributed by atoms with Gasteiger partial charge in [0.2, 0.25) is 0 Å². The van der Waals surface area contributed by atoms with Gasteiger partial charge in [-0.1, -0.05) is 19.1 Å². The topological polar surface area (TPSA) is 63.6 Å². The zero-order chi connectivity index (χ0) is 14.3. The van der Waals surface area contributed by atoms with E-state index in [-0.39, 0.29) is 17.2 Å². The molecule has 0 unspecified atom stereocenters. The fourth-order valence-corrected chi connectivity index (χ4v) is 3.76. The number of carbonyl (C=O) groups excluding carboxylic acids is 1. The van der Waals surface area contributed by atoms with Crippen LogP contribution in [0.2, 0.25) is 0 Å². The summed E-state index contributed by atoms with van der Waals surface area (Å²) in [6, 6.07) is 6.22. The fraction of sp³-hybridized carbons (Fsp3) is 0.500. The van der Waals surface area contributed by atoms with Gasteiger partial charge in [-0.2, -0.15) is 0 Å². The number of hydrogen-bond acceptors (Lipinski definition) is 3. The molecule has 20 heavy (non-hydrogen) atoms. The van der Waals surface area contributed by atoms with Crippen molar-refractivity contribution >= 4 is 11.9 Å². The van der Waals surface area contributed by atoms with Crippen LogP contribution in [0.15, 0.2) is 24.3 Å². The van der Waals surface area contributed by atoms with Gasteiger partial charge in [0.05, 0.1) is 11.1 Å². The van der Waals surface area contributed by atoms with Gasteiger partial charge in [-0.05, 0) is 49.1 Å². The molecule has 3 rings (SSSR count). The average molecular weight is 274 g/mol. The smallest absolute Gasteiger partial charge is 0.339 e. The Kier molecular flexibility index (Phi) is 3.24. The fourth-order valence-electron chi connectivity index (χ4n) is 3.76. The summed E-state index contributed by atoms with van der Waals surface area (Å²) in [6.07, 6.45) is 3.43. The molecule has 1 aromatic rings. The van der Waals surface area contributed by atoms with E-state index in [2.05, 4.69) is 6.92 Å². The maximum absolute atomic E-state index is 12.3. The number of fused-ring (bicyclic) bond motifs is 2. The first-order chi connectivity index (χ1) is 9.58. The summed E-state index contributed by atoms with van der Waals surface area (Å²) in [5, 5.41) is 9.12. The van der Waals surface area contributed by atoms with Gasteiger partial charge in [0.1, 0.15) is 6.10 Å². The standard InChI is InChI=1S/C16H18O4/c1-9-10-6-7-11(8-10)14(9)20-16(19)13-5-3-2-4-12(13)15(17)18/h2-5,9-11,14H,6-8H2,1H3,(H,17,18)/t9-,10-,11-,14+/m0/s1. The lowest BCUT2D eigenvalue weighted by atomic mass is 9.88. The highest BCUT2D eigenvalue weighted by molar-refractivity contribution is 6.02. The molecule has 2 aliphatic rings. The van der Waals surface area contributed by atoms with E-state index < -0.39 is 11.9 Å². The van der Waals surface area contributed by atoms with Crippen LogP contribution in [0.3, 0.4) is 0 Å². The number of carboxylic acids is 1. The molecule has 0 aliphatic heterocycles. The molecule has 2 saturated carbocycles. The molecule has 2 aliphatic carbocycles. The van der Waals surface area contributed by atoms with Gasteiger partial charge < -0.3 is 9.84 Å². The van der Waals surface area contributed by atoms with Crippen LogP contribution in [-0.2, 0) is 4.74 Å². The van der Waals surface area contributed by atoms with E-state index in [1.807, 2.05) is 0 Å². The number of aromatic carboxylic acids is 1. The number of benzene rings is 1. The molecule has 2 fully saturated rings. The first-order valence-electron chi connectivity index (χ1n) is 7.11. The predicted octanol–water partition coefficient (Wildman–Crippen LogP) is 2.98. The Morgan fingerprint density at radius 3 is 2.40 bits per heavy atom. The van der Waals surface area contributed by atoms with Crippen molar-refractivity contribution in [2.45, 2.75) is 32.3 Å².